The number of aromatic nitrogens is 1. The highest BCUT2D eigenvalue weighted by Crippen LogP contribution is 2.19. The lowest BCUT2D eigenvalue weighted by atomic mass is 10.1. The van der Waals surface area contributed by atoms with Crippen molar-refractivity contribution >= 4 is 10.9 Å². The topological polar surface area (TPSA) is 19.4 Å². The fraction of sp³-hybridized carbons (Fsp3) is 0.318. The van der Waals surface area contributed by atoms with Crippen molar-refractivity contribution in [3.05, 3.63) is 77.7 Å². The highest BCUT2D eigenvalue weighted by Gasteiger charge is 2.24. The van der Waals surface area contributed by atoms with E-state index in [1.165, 1.54) is 10.9 Å². The van der Waals surface area contributed by atoms with Crippen molar-refractivity contribution in [1.29, 1.82) is 0 Å². The molecule has 0 aliphatic carbocycles. The van der Waals surface area contributed by atoms with Crippen molar-refractivity contribution in [3.8, 4) is 0 Å². The number of halogens is 1. The van der Waals surface area contributed by atoms with Crippen LogP contribution in [0.2, 0.25) is 0 Å². The number of hydrogen-bond donors (Lipinski definition) is 0. The van der Waals surface area contributed by atoms with Gasteiger partial charge in [-0.2, -0.15) is 0 Å². The van der Waals surface area contributed by atoms with E-state index < -0.39 is 0 Å². The number of nitrogens with zero attached hydrogens (tertiary/aromatic N) is 3. The molecule has 0 saturated carbocycles. The Morgan fingerprint density at radius 2 is 1.92 bits per heavy atom. The Kier molecular flexibility index (Phi) is 4.96. The molecular formula is C22H24FN3. The standard InChI is InChI=1S/C22H24FN3/c1-17-14-25(16-20-5-2-3-7-21(20)23)11-12-26(17)15-18-8-9-22-19(13-18)6-4-10-24-22/h2-10,13,17H,11-12,14-16H2,1H3/t17-/m1/s1. The Labute approximate surface area is 154 Å². The molecule has 1 aromatic heterocycles. The zero-order valence-electron chi connectivity index (χ0n) is 15.1. The van der Waals surface area contributed by atoms with Gasteiger partial charge >= 0.3 is 0 Å². The van der Waals surface area contributed by atoms with E-state index >= 15 is 0 Å². The van der Waals surface area contributed by atoms with Gasteiger partial charge in [0.2, 0.25) is 0 Å². The second kappa shape index (κ2) is 7.52. The van der Waals surface area contributed by atoms with E-state index in [1.54, 1.807) is 12.1 Å². The number of piperazine rings is 1. The molecule has 1 aliphatic rings. The summed E-state index contributed by atoms with van der Waals surface area (Å²) >= 11 is 0. The Morgan fingerprint density at radius 3 is 2.77 bits per heavy atom. The molecule has 26 heavy (non-hydrogen) atoms. The van der Waals surface area contributed by atoms with Crippen molar-refractivity contribution in [2.45, 2.75) is 26.1 Å². The normalized spacial score (nSPS) is 19.1. The van der Waals surface area contributed by atoms with Crippen molar-refractivity contribution < 1.29 is 4.39 Å². The Bertz CT molecular complexity index is 895. The van der Waals surface area contributed by atoms with Crippen LogP contribution in [0.3, 0.4) is 0 Å². The monoisotopic (exact) mass is 349 g/mol. The van der Waals surface area contributed by atoms with Gasteiger partial charge in [-0.25, -0.2) is 4.39 Å². The minimum absolute atomic E-state index is 0.104. The number of fused-ring (bicyclic) bond motifs is 1. The Balaban J connectivity index is 1.39. The van der Waals surface area contributed by atoms with Gasteiger partial charge in [-0.05, 0) is 36.8 Å². The summed E-state index contributed by atoms with van der Waals surface area (Å²) in [4.78, 5) is 9.25. The zero-order valence-corrected chi connectivity index (χ0v) is 15.1. The molecule has 1 saturated heterocycles. The highest BCUT2D eigenvalue weighted by molar-refractivity contribution is 5.78. The average molecular weight is 349 g/mol. The van der Waals surface area contributed by atoms with Crippen LogP contribution < -0.4 is 0 Å². The third kappa shape index (κ3) is 3.76. The summed E-state index contributed by atoms with van der Waals surface area (Å²) in [5.41, 5.74) is 3.15. The molecule has 1 atom stereocenters. The molecule has 134 valence electrons. The molecule has 1 fully saturated rings. The van der Waals surface area contributed by atoms with Crippen LogP contribution in [0.5, 0.6) is 0 Å². The molecule has 0 radical (unpaired) electrons. The summed E-state index contributed by atoms with van der Waals surface area (Å²) in [6.07, 6.45) is 1.83. The molecule has 2 aromatic carbocycles. The van der Waals surface area contributed by atoms with Crippen LogP contribution in [0.15, 0.2) is 60.8 Å². The Morgan fingerprint density at radius 1 is 1.04 bits per heavy atom. The summed E-state index contributed by atoms with van der Waals surface area (Å²) in [5, 5.41) is 1.19. The molecule has 0 spiro atoms. The van der Waals surface area contributed by atoms with E-state index in [-0.39, 0.29) is 5.82 Å². The van der Waals surface area contributed by atoms with Crippen molar-refractivity contribution in [2.24, 2.45) is 0 Å². The van der Waals surface area contributed by atoms with Crippen LogP contribution in [0.25, 0.3) is 10.9 Å². The maximum atomic E-state index is 13.9. The van der Waals surface area contributed by atoms with Crippen molar-refractivity contribution in [3.63, 3.8) is 0 Å². The van der Waals surface area contributed by atoms with Crippen LogP contribution in [0.4, 0.5) is 4.39 Å². The van der Waals surface area contributed by atoms with Crippen molar-refractivity contribution in [1.82, 2.24) is 14.8 Å². The summed E-state index contributed by atoms with van der Waals surface area (Å²) in [7, 11) is 0. The molecule has 0 unspecified atom stereocenters. The first kappa shape index (κ1) is 17.1. The molecule has 2 heterocycles. The number of hydrogen-bond acceptors (Lipinski definition) is 3. The minimum atomic E-state index is -0.104. The summed E-state index contributed by atoms with van der Waals surface area (Å²) in [6.45, 7) is 6.82. The van der Waals surface area contributed by atoms with E-state index in [2.05, 4.69) is 46.0 Å². The lowest BCUT2D eigenvalue weighted by molar-refractivity contribution is 0.0727. The molecule has 1 aliphatic heterocycles. The minimum Gasteiger partial charge on any atom is -0.296 e. The second-order valence-corrected chi connectivity index (χ2v) is 7.18. The molecule has 3 nitrogen and oxygen atoms in total. The van der Waals surface area contributed by atoms with Gasteiger partial charge in [0.25, 0.3) is 0 Å². The number of rotatable bonds is 4. The highest BCUT2D eigenvalue weighted by atomic mass is 19.1. The zero-order chi connectivity index (χ0) is 17.9. The Hall–Kier alpha value is -2.30. The molecule has 3 aromatic rings. The van der Waals surface area contributed by atoms with Gasteiger partial charge in [0.05, 0.1) is 5.52 Å². The van der Waals surface area contributed by atoms with Gasteiger partial charge < -0.3 is 0 Å². The predicted octanol–water partition coefficient (Wildman–Crippen LogP) is 4.08. The largest absolute Gasteiger partial charge is 0.296 e. The summed E-state index contributed by atoms with van der Waals surface area (Å²) < 4.78 is 13.9. The van der Waals surface area contributed by atoms with Gasteiger partial charge in [-0.15, -0.1) is 0 Å². The quantitative estimate of drug-likeness (QED) is 0.707. The summed E-state index contributed by atoms with van der Waals surface area (Å²) in [5.74, 6) is -0.104. The molecular weight excluding hydrogens is 325 g/mol. The molecule has 4 rings (SSSR count). The summed E-state index contributed by atoms with van der Waals surface area (Å²) in [6, 6.07) is 18.1. The smallest absolute Gasteiger partial charge is 0.127 e. The fourth-order valence-electron chi connectivity index (χ4n) is 3.77. The lowest BCUT2D eigenvalue weighted by Gasteiger charge is -2.40. The SMILES string of the molecule is C[C@@H]1CN(Cc2ccccc2F)CCN1Cc1ccc2ncccc2c1. The van der Waals surface area contributed by atoms with E-state index in [4.69, 9.17) is 0 Å². The van der Waals surface area contributed by atoms with E-state index in [0.717, 1.165) is 37.3 Å². The molecule has 0 bridgehead atoms. The van der Waals surface area contributed by atoms with Crippen LogP contribution in [-0.2, 0) is 13.1 Å². The molecule has 4 heteroatoms. The lowest BCUT2D eigenvalue weighted by Crippen LogP contribution is -2.50. The second-order valence-electron chi connectivity index (χ2n) is 7.18. The molecule has 0 N–H and O–H groups in total. The van der Waals surface area contributed by atoms with Crippen molar-refractivity contribution in [2.75, 3.05) is 19.6 Å². The van der Waals surface area contributed by atoms with Crippen LogP contribution in [0, 0.1) is 5.82 Å². The van der Waals surface area contributed by atoms with Gasteiger partial charge in [-0.3, -0.25) is 14.8 Å². The predicted molar refractivity (Wildman–Crippen MR) is 103 cm³/mol. The van der Waals surface area contributed by atoms with E-state index in [9.17, 15) is 4.39 Å². The van der Waals surface area contributed by atoms with Gasteiger partial charge in [0, 0.05) is 55.9 Å². The first-order chi connectivity index (χ1) is 12.7. The maximum Gasteiger partial charge on any atom is 0.127 e. The fourth-order valence-corrected chi connectivity index (χ4v) is 3.77. The number of benzene rings is 2. The van der Waals surface area contributed by atoms with Gasteiger partial charge in [-0.1, -0.05) is 30.3 Å². The van der Waals surface area contributed by atoms with Crippen LogP contribution >= 0.6 is 0 Å². The maximum absolute atomic E-state index is 13.9. The first-order valence-electron chi connectivity index (χ1n) is 9.22. The van der Waals surface area contributed by atoms with Gasteiger partial charge in [0.1, 0.15) is 5.82 Å². The third-order valence-electron chi connectivity index (χ3n) is 5.25. The van der Waals surface area contributed by atoms with E-state index in [0.29, 0.717) is 12.6 Å². The van der Waals surface area contributed by atoms with Crippen LogP contribution in [0.1, 0.15) is 18.1 Å². The first-order valence-corrected chi connectivity index (χ1v) is 9.22. The molecule has 0 amide bonds. The number of pyridine rings is 1. The van der Waals surface area contributed by atoms with Gasteiger partial charge in [0.15, 0.2) is 0 Å². The average Bonchev–Trinajstić information content (AvgIpc) is 2.66. The van der Waals surface area contributed by atoms with Crippen LogP contribution in [-0.4, -0.2) is 40.5 Å². The van der Waals surface area contributed by atoms with E-state index in [1.807, 2.05) is 24.4 Å². The third-order valence-corrected chi connectivity index (χ3v) is 5.25.